The highest BCUT2D eigenvalue weighted by molar-refractivity contribution is 7.91. The number of fused-ring (bicyclic) bond motifs is 1. The van der Waals surface area contributed by atoms with E-state index in [0.29, 0.717) is 5.56 Å². The number of rotatable bonds is 3. The van der Waals surface area contributed by atoms with Gasteiger partial charge in [-0.15, -0.1) is 0 Å². The molecule has 0 saturated carbocycles. The Hall–Kier alpha value is -2.17. The third kappa shape index (κ3) is 2.44. The molecule has 0 aliphatic heterocycles. The van der Waals surface area contributed by atoms with Gasteiger partial charge in [-0.2, -0.15) is 0 Å². The highest BCUT2D eigenvalue weighted by Gasteiger charge is 2.20. The molecule has 0 atom stereocenters. The minimum absolute atomic E-state index is 0.155. The quantitative estimate of drug-likeness (QED) is 0.808. The monoisotopic (exact) mass is 298 g/mol. The molecule has 0 amide bonds. The predicted molar refractivity (Wildman–Crippen MR) is 81.8 cm³/mol. The second kappa shape index (κ2) is 5.31. The van der Waals surface area contributed by atoms with Crippen LogP contribution in [0.15, 0.2) is 76.5 Å². The van der Waals surface area contributed by atoms with Gasteiger partial charge in [-0.1, -0.05) is 48.5 Å². The summed E-state index contributed by atoms with van der Waals surface area (Å²) in [6.45, 7) is -0.303. The lowest BCUT2D eigenvalue weighted by molar-refractivity contribution is 0.278. The van der Waals surface area contributed by atoms with Crippen LogP contribution in [0.25, 0.3) is 10.8 Å². The molecule has 0 radical (unpaired) electrons. The lowest BCUT2D eigenvalue weighted by Crippen LogP contribution is -2.05. The van der Waals surface area contributed by atoms with E-state index in [0.717, 1.165) is 10.8 Å². The first-order chi connectivity index (χ1) is 10.1. The molecule has 3 rings (SSSR count). The maximum absolute atomic E-state index is 12.7. The van der Waals surface area contributed by atoms with E-state index in [1.165, 1.54) is 6.07 Å². The molecule has 4 heteroatoms. The van der Waals surface area contributed by atoms with Crippen LogP contribution in [-0.2, 0) is 16.4 Å². The summed E-state index contributed by atoms with van der Waals surface area (Å²) < 4.78 is 25.5. The molecule has 0 aliphatic carbocycles. The van der Waals surface area contributed by atoms with E-state index in [2.05, 4.69) is 0 Å². The molecule has 3 aromatic rings. The first-order valence-electron chi connectivity index (χ1n) is 6.55. The van der Waals surface area contributed by atoms with Gasteiger partial charge < -0.3 is 5.11 Å². The average molecular weight is 298 g/mol. The van der Waals surface area contributed by atoms with E-state index in [9.17, 15) is 13.5 Å². The van der Waals surface area contributed by atoms with Gasteiger partial charge in [-0.3, -0.25) is 0 Å². The lowest BCUT2D eigenvalue weighted by Gasteiger charge is -2.09. The van der Waals surface area contributed by atoms with E-state index < -0.39 is 9.84 Å². The molecular weight excluding hydrogens is 284 g/mol. The van der Waals surface area contributed by atoms with Crippen molar-refractivity contribution in [2.75, 3.05) is 0 Å². The van der Waals surface area contributed by atoms with Crippen LogP contribution in [0.1, 0.15) is 5.56 Å². The molecule has 0 aromatic heterocycles. The van der Waals surface area contributed by atoms with Gasteiger partial charge in [-0.25, -0.2) is 8.42 Å². The summed E-state index contributed by atoms with van der Waals surface area (Å²) in [4.78, 5) is 0.393. The van der Waals surface area contributed by atoms with Gasteiger partial charge in [0.05, 0.1) is 16.4 Å². The number of hydrogen-bond acceptors (Lipinski definition) is 3. The molecule has 0 bridgehead atoms. The van der Waals surface area contributed by atoms with Gasteiger partial charge >= 0.3 is 0 Å². The van der Waals surface area contributed by atoms with Crippen molar-refractivity contribution in [1.29, 1.82) is 0 Å². The summed E-state index contributed by atoms with van der Waals surface area (Å²) in [5.41, 5.74) is 0.408. The Bertz CT molecular complexity index is 899. The summed E-state index contributed by atoms with van der Waals surface area (Å²) in [6.07, 6.45) is 0. The van der Waals surface area contributed by atoms with E-state index in [-0.39, 0.29) is 16.4 Å². The minimum Gasteiger partial charge on any atom is -0.392 e. The third-order valence-corrected chi connectivity index (χ3v) is 5.32. The van der Waals surface area contributed by atoms with Crippen LogP contribution in [0.3, 0.4) is 0 Å². The maximum atomic E-state index is 12.7. The topological polar surface area (TPSA) is 54.4 Å². The van der Waals surface area contributed by atoms with Crippen molar-refractivity contribution in [1.82, 2.24) is 0 Å². The Balaban J connectivity index is 2.20. The molecule has 0 spiro atoms. The molecule has 0 heterocycles. The Kier molecular flexibility index (Phi) is 3.49. The van der Waals surface area contributed by atoms with Crippen LogP contribution in [0.5, 0.6) is 0 Å². The van der Waals surface area contributed by atoms with Crippen molar-refractivity contribution in [3.8, 4) is 0 Å². The molecule has 21 heavy (non-hydrogen) atoms. The molecule has 3 nitrogen and oxygen atoms in total. The largest absolute Gasteiger partial charge is 0.392 e. The van der Waals surface area contributed by atoms with E-state index in [1.54, 1.807) is 36.4 Å². The standard InChI is InChI=1S/C17H14O3S/c18-12-15-7-3-4-8-17(15)21(19,20)16-10-9-13-5-1-2-6-14(13)11-16/h1-11,18H,12H2. The fourth-order valence-corrected chi connectivity index (χ4v) is 3.88. The zero-order valence-electron chi connectivity index (χ0n) is 11.2. The number of benzene rings is 3. The van der Waals surface area contributed by atoms with Crippen LogP contribution >= 0.6 is 0 Å². The van der Waals surface area contributed by atoms with Crippen LogP contribution < -0.4 is 0 Å². The molecule has 1 N–H and O–H groups in total. The summed E-state index contributed by atoms with van der Waals surface area (Å²) in [6, 6.07) is 19.2. The molecule has 0 saturated heterocycles. The summed E-state index contributed by atoms with van der Waals surface area (Å²) in [5, 5.41) is 11.2. The van der Waals surface area contributed by atoms with E-state index in [1.807, 2.05) is 24.3 Å². The molecular formula is C17H14O3S. The number of hydrogen-bond donors (Lipinski definition) is 1. The maximum Gasteiger partial charge on any atom is 0.206 e. The van der Waals surface area contributed by atoms with E-state index in [4.69, 9.17) is 0 Å². The van der Waals surface area contributed by atoms with Crippen molar-refractivity contribution >= 4 is 20.6 Å². The van der Waals surface area contributed by atoms with Crippen molar-refractivity contribution in [2.45, 2.75) is 16.4 Å². The second-order valence-corrected chi connectivity index (χ2v) is 6.70. The predicted octanol–water partition coefficient (Wildman–Crippen LogP) is 3.16. The Morgan fingerprint density at radius 1 is 0.810 bits per heavy atom. The highest BCUT2D eigenvalue weighted by atomic mass is 32.2. The SMILES string of the molecule is O=S(=O)(c1ccc2ccccc2c1)c1ccccc1CO. The second-order valence-electron chi connectivity index (χ2n) is 4.78. The van der Waals surface area contributed by atoms with Gasteiger partial charge in [0.1, 0.15) is 0 Å². The molecule has 106 valence electrons. The van der Waals surface area contributed by atoms with Crippen LogP contribution in [0.4, 0.5) is 0 Å². The number of sulfone groups is 1. The zero-order chi connectivity index (χ0) is 14.9. The summed E-state index contributed by atoms with van der Waals surface area (Å²) in [5.74, 6) is 0. The Morgan fingerprint density at radius 2 is 1.48 bits per heavy atom. The van der Waals surface area contributed by atoms with Crippen molar-refractivity contribution in [3.63, 3.8) is 0 Å². The smallest absolute Gasteiger partial charge is 0.206 e. The number of aliphatic hydroxyl groups is 1. The van der Waals surface area contributed by atoms with Crippen LogP contribution in [0, 0.1) is 0 Å². The van der Waals surface area contributed by atoms with E-state index >= 15 is 0 Å². The molecule has 0 unspecified atom stereocenters. The highest BCUT2D eigenvalue weighted by Crippen LogP contribution is 2.26. The van der Waals surface area contributed by atoms with Crippen molar-refractivity contribution in [3.05, 3.63) is 72.3 Å². The average Bonchev–Trinajstić information content (AvgIpc) is 2.54. The number of aliphatic hydroxyl groups excluding tert-OH is 1. The fraction of sp³-hybridized carbons (Fsp3) is 0.0588. The van der Waals surface area contributed by atoms with Gasteiger partial charge in [0.2, 0.25) is 9.84 Å². The van der Waals surface area contributed by atoms with Gasteiger partial charge in [0, 0.05) is 0 Å². The first-order valence-corrected chi connectivity index (χ1v) is 8.04. The molecule has 3 aromatic carbocycles. The minimum atomic E-state index is -3.63. The fourth-order valence-electron chi connectivity index (χ4n) is 2.36. The van der Waals surface area contributed by atoms with Crippen LogP contribution in [0.2, 0.25) is 0 Å². The van der Waals surface area contributed by atoms with Gasteiger partial charge in [0.25, 0.3) is 0 Å². The van der Waals surface area contributed by atoms with Crippen LogP contribution in [-0.4, -0.2) is 13.5 Å². The lowest BCUT2D eigenvalue weighted by atomic mass is 10.1. The summed E-state index contributed by atoms with van der Waals surface area (Å²) >= 11 is 0. The van der Waals surface area contributed by atoms with Gasteiger partial charge in [0.15, 0.2) is 0 Å². The first kappa shape index (κ1) is 13.8. The Morgan fingerprint density at radius 3 is 2.24 bits per heavy atom. The Labute approximate surface area is 123 Å². The molecule has 0 fully saturated rings. The third-order valence-electron chi connectivity index (χ3n) is 3.46. The van der Waals surface area contributed by atoms with Gasteiger partial charge in [-0.05, 0) is 34.5 Å². The molecule has 0 aliphatic rings. The summed E-state index contributed by atoms with van der Waals surface area (Å²) in [7, 11) is -3.63. The normalized spacial score (nSPS) is 11.7. The zero-order valence-corrected chi connectivity index (χ0v) is 12.0. The van der Waals surface area contributed by atoms with Crippen molar-refractivity contribution < 1.29 is 13.5 Å². The van der Waals surface area contributed by atoms with Crippen molar-refractivity contribution in [2.24, 2.45) is 0 Å².